The van der Waals surface area contributed by atoms with Crippen LogP contribution in [0.2, 0.25) is 0 Å². The zero-order valence-electron chi connectivity index (χ0n) is 10.4. The molecule has 1 aliphatic heterocycles. The van der Waals surface area contributed by atoms with Gasteiger partial charge in [-0.05, 0) is 24.1 Å². The third kappa shape index (κ3) is 3.11. The number of benzene rings is 1. The van der Waals surface area contributed by atoms with E-state index in [-0.39, 0.29) is 0 Å². The van der Waals surface area contributed by atoms with E-state index in [1.807, 2.05) is 12.1 Å². The van der Waals surface area contributed by atoms with Crippen molar-refractivity contribution in [3.63, 3.8) is 0 Å². The second-order valence-corrected chi connectivity index (χ2v) is 4.12. The first-order valence-corrected chi connectivity index (χ1v) is 5.85. The maximum atomic E-state index is 5.44. The number of hydrogen-bond acceptors (Lipinski definition) is 4. The van der Waals surface area contributed by atoms with Crippen LogP contribution in [0.4, 0.5) is 0 Å². The predicted molar refractivity (Wildman–Crippen MR) is 65.9 cm³/mol. The summed E-state index contributed by atoms with van der Waals surface area (Å²) in [6, 6.07) is 6.42. The average molecular weight is 237 g/mol. The van der Waals surface area contributed by atoms with Gasteiger partial charge in [0.1, 0.15) is 0 Å². The molecule has 1 heterocycles. The molecule has 1 fully saturated rings. The van der Waals surface area contributed by atoms with Gasteiger partial charge in [-0.3, -0.25) is 0 Å². The van der Waals surface area contributed by atoms with Crippen molar-refractivity contribution in [1.29, 1.82) is 0 Å². The number of rotatable bonds is 4. The molecule has 4 nitrogen and oxygen atoms in total. The molecule has 2 rings (SSSR count). The van der Waals surface area contributed by atoms with Gasteiger partial charge in [0, 0.05) is 12.6 Å². The Morgan fingerprint density at radius 1 is 1.29 bits per heavy atom. The Balaban J connectivity index is 2.05. The third-order valence-electron chi connectivity index (χ3n) is 2.93. The van der Waals surface area contributed by atoms with Gasteiger partial charge in [0.15, 0.2) is 11.5 Å². The summed E-state index contributed by atoms with van der Waals surface area (Å²) in [5.41, 5.74) is 1.23. The minimum atomic E-state index is 0.391. The van der Waals surface area contributed by atoms with Crippen molar-refractivity contribution in [3.05, 3.63) is 23.8 Å². The molecule has 1 saturated heterocycles. The molecule has 1 aliphatic rings. The molecule has 4 heteroatoms. The molecule has 1 aromatic carbocycles. The summed E-state index contributed by atoms with van der Waals surface area (Å²) in [6.07, 6.45) is 0.945. The lowest BCUT2D eigenvalue weighted by Gasteiger charge is -2.24. The number of nitrogens with one attached hydrogen (secondary N) is 1. The molecule has 0 bridgehead atoms. The average Bonchev–Trinajstić information content (AvgIpc) is 2.40. The number of methoxy groups -OCH3 is 2. The zero-order valence-corrected chi connectivity index (χ0v) is 10.4. The van der Waals surface area contributed by atoms with Crippen LogP contribution in [0.25, 0.3) is 0 Å². The van der Waals surface area contributed by atoms with Gasteiger partial charge in [-0.1, -0.05) is 6.07 Å². The summed E-state index contributed by atoms with van der Waals surface area (Å²) in [7, 11) is 3.30. The highest BCUT2D eigenvalue weighted by atomic mass is 16.5. The van der Waals surface area contributed by atoms with Crippen LogP contribution in [0, 0.1) is 0 Å². The van der Waals surface area contributed by atoms with Gasteiger partial charge in [-0.15, -0.1) is 0 Å². The molecule has 17 heavy (non-hydrogen) atoms. The molecule has 1 unspecified atom stereocenters. The fraction of sp³-hybridized carbons (Fsp3) is 0.538. The minimum Gasteiger partial charge on any atom is -0.493 e. The quantitative estimate of drug-likeness (QED) is 0.855. The van der Waals surface area contributed by atoms with E-state index in [9.17, 15) is 0 Å². The van der Waals surface area contributed by atoms with E-state index in [0.29, 0.717) is 6.04 Å². The summed E-state index contributed by atoms with van der Waals surface area (Å²) in [5.74, 6) is 1.55. The van der Waals surface area contributed by atoms with E-state index in [2.05, 4.69) is 11.4 Å². The Hall–Kier alpha value is -1.26. The summed E-state index contributed by atoms with van der Waals surface area (Å²) < 4.78 is 15.9. The van der Waals surface area contributed by atoms with Crippen molar-refractivity contribution in [1.82, 2.24) is 5.32 Å². The molecular weight excluding hydrogens is 218 g/mol. The first kappa shape index (κ1) is 12.2. The molecule has 0 spiro atoms. The Morgan fingerprint density at radius 3 is 2.76 bits per heavy atom. The monoisotopic (exact) mass is 237 g/mol. The van der Waals surface area contributed by atoms with Gasteiger partial charge >= 0.3 is 0 Å². The molecule has 0 aliphatic carbocycles. The predicted octanol–water partition coefficient (Wildman–Crippen LogP) is 1.23. The molecule has 1 atom stereocenters. The molecule has 0 aromatic heterocycles. The van der Waals surface area contributed by atoms with Crippen LogP contribution in [0.15, 0.2) is 18.2 Å². The van der Waals surface area contributed by atoms with Crippen molar-refractivity contribution in [2.24, 2.45) is 0 Å². The van der Waals surface area contributed by atoms with Crippen molar-refractivity contribution in [2.45, 2.75) is 12.5 Å². The maximum absolute atomic E-state index is 5.44. The van der Waals surface area contributed by atoms with E-state index in [4.69, 9.17) is 14.2 Å². The van der Waals surface area contributed by atoms with Crippen LogP contribution in [-0.2, 0) is 11.2 Å². The minimum absolute atomic E-state index is 0.391. The van der Waals surface area contributed by atoms with Crippen molar-refractivity contribution < 1.29 is 14.2 Å². The van der Waals surface area contributed by atoms with Crippen LogP contribution in [-0.4, -0.2) is 40.0 Å². The zero-order chi connectivity index (χ0) is 12.1. The SMILES string of the molecule is COc1ccc(CC2COCCN2)cc1OC. The summed E-state index contributed by atoms with van der Waals surface area (Å²) in [4.78, 5) is 0. The van der Waals surface area contributed by atoms with Crippen LogP contribution in [0.5, 0.6) is 11.5 Å². The standard InChI is InChI=1S/C13H19NO3/c1-15-12-4-3-10(8-13(12)16-2)7-11-9-17-6-5-14-11/h3-4,8,11,14H,5-7,9H2,1-2H3. The fourth-order valence-electron chi connectivity index (χ4n) is 2.04. The van der Waals surface area contributed by atoms with Gasteiger partial charge in [0.05, 0.1) is 27.4 Å². The van der Waals surface area contributed by atoms with E-state index in [0.717, 1.165) is 37.7 Å². The van der Waals surface area contributed by atoms with Crippen LogP contribution >= 0.6 is 0 Å². The van der Waals surface area contributed by atoms with Gasteiger partial charge < -0.3 is 19.5 Å². The van der Waals surface area contributed by atoms with Crippen LogP contribution in [0.1, 0.15) is 5.56 Å². The van der Waals surface area contributed by atoms with Gasteiger partial charge in [0.2, 0.25) is 0 Å². The lowest BCUT2D eigenvalue weighted by Crippen LogP contribution is -2.42. The lowest BCUT2D eigenvalue weighted by atomic mass is 10.1. The van der Waals surface area contributed by atoms with Gasteiger partial charge in [-0.2, -0.15) is 0 Å². The molecule has 1 aromatic rings. The number of ether oxygens (including phenoxy) is 3. The van der Waals surface area contributed by atoms with Crippen LogP contribution in [0.3, 0.4) is 0 Å². The Morgan fingerprint density at radius 2 is 2.12 bits per heavy atom. The van der Waals surface area contributed by atoms with E-state index in [1.54, 1.807) is 14.2 Å². The van der Waals surface area contributed by atoms with Gasteiger partial charge in [0.25, 0.3) is 0 Å². The smallest absolute Gasteiger partial charge is 0.160 e. The normalized spacial score (nSPS) is 20.0. The van der Waals surface area contributed by atoms with Gasteiger partial charge in [-0.25, -0.2) is 0 Å². The second kappa shape index (κ2) is 5.89. The molecule has 0 amide bonds. The highest BCUT2D eigenvalue weighted by molar-refractivity contribution is 5.43. The largest absolute Gasteiger partial charge is 0.493 e. The summed E-state index contributed by atoms with van der Waals surface area (Å²) >= 11 is 0. The highest BCUT2D eigenvalue weighted by Crippen LogP contribution is 2.28. The maximum Gasteiger partial charge on any atom is 0.160 e. The number of hydrogen-bond donors (Lipinski definition) is 1. The van der Waals surface area contributed by atoms with Crippen molar-refractivity contribution in [2.75, 3.05) is 34.0 Å². The Bertz CT molecular complexity index is 362. The van der Waals surface area contributed by atoms with Crippen molar-refractivity contribution in [3.8, 4) is 11.5 Å². The Kier molecular flexibility index (Phi) is 4.23. The third-order valence-corrected chi connectivity index (χ3v) is 2.93. The van der Waals surface area contributed by atoms with E-state index in [1.165, 1.54) is 5.56 Å². The van der Waals surface area contributed by atoms with E-state index < -0.39 is 0 Å². The molecule has 0 radical (unpaired) electrons. The number of morpholine rings is 1. The lowest BCUT2D eigenvalue weighted by molar-refractivity contribution is 0.0770. The van der Waals surface area contributed by atoms with E-state index >= 15 is 0 Å². The Labute approximate surface area is 102 Å². The molecule has 94 valence electrons. The first-order chi connectivity index (χ1) is 8.33. The summed E-state index contributed by atoms with van der Waals surface area (Å²) in [6.45, 7) is 2.51. The topological polar surface area (TPSA) is 39.7 Å². The molecule has 1 N–H and O–H groups in total. The first-order valence-electron chi connectivity index (χ1n) is 5.85. The van der Waals surface area contributed by atoms with Crippen LogP contribution < -0.4 is 14.8 Å². The fourth-order valence-corrected chi connectivity index (χ4v) is 2.04. The van der Waals surface area contributed by atoms with Crippen molar-refractivity contribution >= 4 is 0 Å². The second-order valence-electron chi connectivity index (χ2n) is 4.12. The highest BCUT2D eigenvalue weighted by Gasteiger charge is 2.14. The molecule has 0 saturated carbocycles. The molecular formula is C13H19NO3. The summed E-state index contributed by atoms with van der Waals surface area (Å²) in [5, 5.41) is 3.44.